The van der Waals surface area contributed by atoms with E-state index in [-0.39, 0.29) is 29.8 Å². The summed E-state index contributed by atoms with van der Waals surface area (Å²) in [6, 6.07) is 3.30. The molecule has 0 aromatic heterocycles. The van der Waals surface area contributed by atoms with E-state index in [4.69, 9.17) is 37.4 Å². The summed E-state index contributed by atoms with van der Waals surface area (Å²) in [5.41, 5.74) is 0.698. The van der Waals surface area contributed by atoms with Crippen molar-refractivity contribution in [2.24, 2.45) is 5.92 Å². The van der Waals surface area contributed by atoms with E-state index in [1.807, 2.05) is 6.92 Å². The monoisotopic (exact) mass is 441 g/mol. The fourth-order valence-electron chi connectivity index (χ4n) is 4.39. The summed E-state index contributed by atoms with van der Waals surface area (Å²) >= 11 is 12.6. The molecule has 29 heavy (non-hydrogen) atoms. The lowest BCUT2D eigenvalue weighted by molar-refractivity contribution is -0.116. The molecule has 0 bridgehead atoms. The van der Waals surface area contributed by atoms with Gasteiger partial charge in [-0.3, -0.25) is 4.79 Å². The summed E-state index contributed by atoms with van der Waals surface area (Å²) in [5.74, 6) is 0.180. The molecule has 1 fully saturated rings. The Morgan fingerprint density at radius 1 is 1.34 bits per heavy atom. The number of hydrogen-bond donors (Lipinski definition) is 1. The predicted octanol–water partition coefficient (Wildman–Crippen LogP) is 4.89. The standard InChI is InChI=1S/C21H25Cl2NO5/c1-4-28-20(26)29-18-17(16-12(2)8-14(22)9-15(16)23)19(25)24-21(18)7-5-6-13(10-21)11-27-3/h8-9,13H,4-7,10-11H2,1-3H3,(H,24,25). The van der Waals surface area contributed by atoms with Crippen molar-refractivity contribution in [3.05, 3.63) is 39.1 Å². The van der Waals surface area contributed by atoms with E-state index in [9.17, 15) is 9.59 Å². The minimum atomic E-state index is -0.840. The van der Waals surface area contributed by atoms with Gasteiger partial charge in [0.15, 0.2) is 5.76 Å². The molecule has 1 spiro atoms. The van der Waals surface area contributed by atoms with Crippen LogP contribution in [-0.4, -0.2) is 37.9 Å². The molecule has 6 nitrogen and oxygen atoms in total. The Balaban J connectivity index is 2.14. The van der Waals surface area contributed by atoms with Gasteiger partial charge in [-0.2, -0.15) is 0 Å². The van der Waals surface area contributed by atoms with Crippen molar-refractivity contribution in [2.45, 2.75) is 45.1 Å². The molecular weight excluding hydrogens is 417 g/mol. The fraction of sp³-hybridized carbons (Fsp3) is 0.524. The number of nitrogens with one attached hydrogen (secondary N) is 1. The molecule has 1 saturated carbocycles. The van der Waals surface area contributed by atoms with Crippen LogP contribution in [0.1, 0.15) is 43.7 Å². The van der Waals surface area contributed by atoms with Crippen LogP contribution in [0.25, 0.3) is 5.57 Å². The van der Waals surface area contributed by atoms with Crippen molar-refractivity contribution in [2.75, 3.05) is 20.3 Å². The summed E-state index contributed by atoms with van der Waals surface area (Å²) < 4.78 is 16.0. The number of methoxy groups -OCH3 is 1. The first-order valence-electron chi connectivity index (χ1n) is 9.68. The maximum atomic E-state index is 13.1. The summed E-state index contributed by atoms with van der Waals surface area (Å²) in [4.78, 5) is 25.4. The van der Waals surface area contributed by atoms with E-state index >= 15 is 0 Å². The van der Waals surface area contributed by atoms with Crippen LogP contribution < -0.4 is 5.32 Å². The molecule has 8 heteroatoms. The first-order chi connectivity index (χ1) is 13.8. The number of rotatable bonds is 5. The summed E-state index contributed by atoms with van der Waals surface area (Å²) in [7, 11) is 1.66. The Bertz CT molecular complexity index is 828. The average molecular weight is 442 g/mol. The van der Waals surface area contributed by atoms with Crippen molar-refractivity contribution in [1.29, 1.82) is 0 Å². The molecule has 1 amide bonds. The molecule has 158 valence electrons. The van der Waals surface area contributed by atoms with Crippen LogP contribution in [0.15, 0.2) is 17.9 Å². The molecule has 2 atom stereocenters. The molecule has 1 aromatic rings. The lowest BCUT2D eigenvalue weighted by atomic mass is 9.75. The summed E-state index contributed by atoms with van der Waals surface area (Å²) in [6.45, 7) is 4.25. The molecule has 1 aliphatic carbocycles. The zero-order valence-corrected chi connectivity index (χ0v) is 18.3. The Morgan fingerprint density at radius 3 is 2.76 bits per heavy atom. The van der Waals surface area contributed by atoms with Gasteiger partial charge < -0.3 is 19.5 Å². The Labute approximate surface area is 180 Å². The molecule has 0 saturated heterocycles. The number of halogens is 2. The van der Waals surface area contributed by atoms with Crippen LogP contribution in [0, 0.1) is 12.8 Å². The van der Waals surface area contributed by atoms with E-state index in [0.717, 1.165) is 18.4 Å². The molecule has 0 radical (unpaired) electrons. The number of amides is 1. The number of hydrogen-bond acceptors (Lipinski definition) is 5. The number of carbonyl (C=O) groups excluding carboxylic acids is 2. The smallest absolute Gasteiger partial charge is 0.434 e. The summed E-state index contributed by atoms with van der Waals surface area (Å²) in [5, 5.41) is 3.87. The molecule has 1 aromatic carbocycles. The van der Waals surface area contributed by atoms with Gasteiger partial charge in [-0.25, -0.2) is 4.79 Å². The second-order valence-corrected chi connectivity index (χ2v) is 8.37. The Kier molecular flexibility index (Phi) is 6.76. The quantitative estimate of drug-likeness (QED) is 0.658. The van der Waals surface area contributed by atoms with Gasteiger partial charge in [0.05, 0.1) is 22.7 Å². The second-order valence-electron chi connectivity index (χ2n) is 7.52. The number of aryl methyl sites for hydroxylation is 1. The third-order valence-corrected chi connectivity index (χ3v) is 5.96. The largest absolute Gasteiger partial charge is 0.513 e. The molecule has 1 heterocycles. The van der Waals surface area contributed by atoms with E-state index in [1.165, 1.54) is 0 Å². The maximum Gasteiger partial charge on any atom is 0.513 e. The Hall–Kier alpha value is -1.76. The number of ether oxygens (including phenoxy) is 3. The van der Waals surface area contributed by atoms with E-state index in [1.54, 1.807) is 26.2 Å². The maximum absolute atomic E-state index is 13.1. The minimum Gasteiger partial charge on any atom is -0.434 e. The van der Waals surface area contributed by atoms with Crippen LogP contribution in [0.5, 0.6) is 0 Å². The average Bonchev–Trinajstić information content (AvgIpc) is 2.86. The normalized spacial score (nSPS) is 24.0. The van der Waals surface area contributed by atoms with Crippen molar-refractivity contribution in [3.63, 3.8) is 0 Å². The summed E-state index contributed by atoms with van der Waals surface area (Å²) in [6.07, 6.45) is 2.27. The second kappa shape index (κ2) is 8.94. The highest BCUT2D eigenvalue weighted by Gasteiger charge is 2.51. The van der Waals surface area contributed by atoms with Crippen LogP contribution in [0.3, 0.4) is 0 Å². The third kappa shape index (κ3) is 4.39. The van der Waals surface area contributed by atoms with Gasteiger partial charge >= 0.3 is 6.16 Å². The van der Waals surface area contributed by atoms with Crippen LogP contribution >= 0.6 is 23.2 Å². The van der Waals surface area contributed by atoms with Gasteiger partial charge in [-0.05, 0) is 56.7 Å². The predicted molar refractivity (Wildman–Crippen MR) is 111 cm³/mol. The van der Waals surface area contributed by atoms with E-state index in [0.29, 0.717) is 35.1 Å². The van der Waals surface area contributed by atoms with Gasteiger partial charge in [0.2, 0.25) is 0 Å². The SMILES string of the molecule is CCOC(=O)OC1=C(c2c(C)cc(Cl)cc2Cl)C(=O)NC12CCCC(COC)C2. The van der Waals surface area contributed by atoms with Crippen molar-refractivity contribution >= 4 is 40.8 Å². The van der Waals surface area contributed by atoms with Gasteiger partial charge in [0.1, 0.15) is 0 Å². The zero-order valence-electron chi connectivity index (χ0n) is 16.8. The van der Waals surface area contributed by atoms with Crippen molar-refractivity contribution in [3.8, 4) is 0 Å². The van der Waals surface area contributed by atoms with Gasteiger partial charge in [0, 0.05) is 24.3 Å². The van der Waals surface area contributed by atoms with Crippen molar-refractivity contribution < 1.29 is 23.8 Å². The van der Waals surface area contributed by atoms with Crippen molar-refractivity contribution in [1.82, 2.24) is 5.32 Å². The van der Waals surface area contributed by atoms with Crippen LogP contribution in [0.2, 0.25) is 10.0 Å². The molecule has 1 N–H and O–H groups in total. The highest BCUT2D eigenvalue weighted by Crippen LogP contribution is 2.47. The van der Waals surface area contributed by atoms with Gasteiger partial charge in [-0.1, -0.05) is 29.6 Å². The topological polar surface area (TPSA) is 73.9 Å². The fourth-order valence-corrected chi connectivity index (χ4v) is 5.08. The first-order valence-corrected chi connectivity index (χ1v) is 10.4. The molecule has 1 aliphatic heterocycles. The Morgan fingerprint density at radius 2 is 2.10 bits per heavy atom. The zero-order chi connectivity index (χ0) is 21.2. The van der Waals surface area contributed by atoms with Crippen LogP contribution in [0.4, 0.5) is 4.79 Å². The number of carbonyl (C=O) groups is 2. The molecule has 3 rings (SSSR count). The third-order valence-electron chi connectivity index (χ3n) is 5.45. The molecular formula is C21H25Cl2NO5. The van der Waals surface area contributed by atoms with Gasteiger partial charge in [0.25, 0.3) is 5.91 Å². The molecule has 2 aliphatic rings. The lowest BCUT2D eigenvalue weighted by Gasteiger charge is -2.38. The minimum absolute atomic E-state index is 0.169. The van der Waals surface area contributed by atoms with E-state index in [2.05, 4.69) is 5.32 Å². The van der Waals surface area contributed by atoms with Crippen LogP contribution in [-0.2, 0) is 19.0 Å². The highest BCUT2D eigenvalue weighted by atomic mass is 35.5. The number of benzene rings is 1. The molecule has 2 unspecified atom stereocenters. The lowest BCUT2D eigenvalue weighted by Crippen LogP contribution is -2.49. The van der Waals surface area contributed by atoms with E-state index < -0.39 is 11.7 Å². The highest BCUT2D eigenvalue weighted by molar-refractivity contribution is 6.38. The first kappa shape index (κ1) is 21.9. The van der Waals surface area contributed by atoms with Gasteiger partial charge in [-0.15, -0.1) is 0 Å².